The van der Waals surface area contributed by atoms with Gasteiger partial charge in [0.1, 0.15) is 10.9 Å². The van der Waals surface area contributed by atoms with Gasteiger partial charge in [0.25, 0.3) is 0 Å². The number of rotatable bonds is 4. The first-order chi connectivity index (χ1) is 10.2. The predicted molar refractivity (Wildman–Crippen MR) is 85.0 cm³/mol. The topological polar surface area (TPSA) is 34.4 Å². The molecule has 2 aromatic carbocycles. The molecule has 0 amide bonds. The number of fused-ring (bicyclic) bond motifs is 1. The van der Waals surface area contributed by atoms with E-state index in [2.05, 4.69) is 0 Å². The third-order valence-corrected chi connectivity index (χ3v) is 4.07. The third-order valence-electron chi connectivity index (χ3n) is 3.64. The molecular weight excluding hydrogens is 286 g/mol. The number of aromatic nitrogens is 1. The Morgan fingerprint density at radius 3 is 2.71 bits per heavy atom. The fourth-order valence-electron chi connectivity index (χ4n) is 2.60. The zero-order chi connectivity index (χ0) is 14.8. The third kappa shape index (κ3) is 2.50. The zero-order valence-corrected chi connectivity index (χ0v) is 12.5. The van der Waals surface area contributed by atoms with Crippen LogP contribution in [-0.2, 0) is 13.2 Å². The van der Waals surface area contributed by atoms with Crippen molar-refractivity contribution in [2.24, 2.45) is 0 Å². The van der Waals surface area contributed by atoms with E-state index in [-0.39, 0.29) is 6.61 Å². The van der Waals surface area contributed by atoms with Crippen LogP contribution in [0, 0.1) is 0 Å². The van der Waals surface area contributed by atoms with Crippen LogP contribution in [0.5, 0.6) is 5.75 Å². The second-order valence-electron chi connectivity index (χ2n) is 4.88. The van der Waals surface area contributed by atoms with Gasteiger partial charge in [-0.2, -0.15) is 0 Å². The smallest absolute Gasteiger partial charge is 0.119 e. The highest BCUT2D eigenvalue weighted by Crippen LogP contribution is 2.31. The van der Waals surface area contributed by atoms with Crippen molar-refractivity contribution in [3.8, 4) is 5.75 Å². The van der Waals surface area contributed by atoms with E-state index in [0.717, 1.165) is 27.8 Å². The Morgan fingerprint density at radius 1 is 1.14 bits per heavy atom. The number of methoxy groups -OCH3 is 1. The predicted octanol–water partition coefficient (Wildman–Crippen LogP) is 3.84. The molecule has 0 aliphatic carbocycles. The highest BCUT2D eigenvalue weighted by atomic mass is 35.5. The van der Waals surface area contributed by atoms with E-state index in [0.29, 0.717) is 11.7 Å². The van der Waals surface area contributed by atoms with Gasteiger partial charge in [-0.3, -0.25) is 0 Å². The van der Waals surface area contributed by atoms with E-state index in [1.165, 1.54) is 0 Å². The van der Waals surface area contributed by atoms with Gasteiger partial charge in [-0.1, -0.05) is 41.9 Å². The van der Waals surface area contributed by atoms with Gasteiger partial charge in [0.15, 0.2) is 0 Å². The first-order valence-electron chi connectivity index (χ1n) is 6.74. The molecule has 0 atom stereocenters. The molecule has 0 bridgehead atoms. The Kier molecular flexibility index (Phi) is 3.86. The molecule has 0 saturated heterocycles. The summed E-state index contributed by atoms with van der Waals surface area (Å²) in [6.45, 7) is 0.570. The van der Waals surface area contributed by atoms with Gasteiger partial charge in [-0.15, -0.1) is 0 Å². The zero-order valence-electron chi connectivity index (χ0n) is 11.7. The van der Waals surface area contributed by atoms with Crippen molar-refractivity contribution in [1.82, 2.24) is 4.57 Å². The van der Waals surface area contributed by atoms with Gasteiger partial charge in [0.2, 0.25) is 0 Å². The van der Waals surface area contributed by atoms with Crippen molar-refractivity contribution in [1.29, 1.82) is 0 Å². The van der Waals surface area contributed by atoms with Crippen LogP contribution in [0.3, 0.4) is 0 Å². The molecule has 1 N–H and O–H groups in total. The highest BCUT2D eigenvalue weighted by molar-refractivity contribution is 6.32. The van der Waals surface area contributed by atoms with E-state index in [1.807, 2.05) is 53.1 Å². The van der Waals surface area contributed by atoms with Crippen LogP contribution in [0.15, 0.2) is 48.5 Å². The summed E-state index contributed by atoms with van der Waals surface area (Å²) < 4.78 is 7.27. The number of aliphatic hydroxyl groups is 1. The lowest BCUT2D eigenvalue weighted by Gasteiger charge is -2.09. The number of halogens is 1. The van der Waals surface area contributed by atoms with E-state index in [4.69, 9.17) is 16.3 Å². The molecule has 0 radical (unpaired) electrons. The fraction of sp³-hybridized carbons (Fsp3) is 0.176. The average molecular weight is 302 g/mol. The van der Waals surface area contributed by atoms with E-state index < -0.39 is 0 Å². The van der Waals surface area contributed by atoms with Crippen LogP contribution in [0.1, 0.15) is 11.1 Å². The summed E-state index contributed by atoms with van der Waals surface area (Å²) in [7, 11) is 1.65. The molecule has 0 spiro atoms. The van der Waals surface area contributed by atoms with Gasteiger partial charge in [-0.25, -0.2) is 0 Å². The summed E-state index contributed by atoms with van der Waals surface area (Å²) in [6.07, 6.45) is 0. The van der Waals surface area contributed by atoms with Crippen LogP contribution < -0.4 is 4.74 Å². The molecule has 0 saturated carbocycles. The highest BCUT2D eigenvalue weighted by Gasteiger charge is 2.14. The molecule has 0 fully saturated rings. The number of benzene rings is 2. The van der Waals surface area contributed by atoms with Gasteiger partial charge in [0.05, 0.1) is 13.7 Å². The number of para-hydroxylation sites is 1. The number of nitrogens with zero attached hydrogens (tertiary/aromatic N) is 1. The standard InChI is InChI=1S/C17H16ClNO2/c1-21-13-6-4-5-12(9-13)10-19-16-8-3-2-7-14(16)15(11-20)17(19)18/h2-9,20H,10-11H2,1H3. The Hall–Kier alpha value is -1.97. The maximum absolute atomic E-state index is 9.56. The minimum atomic E-state index is -0.0650. The molecule has 0 unspecified atom stereocenters. The van der Waals surface area contributed by atoms with Gasteiger partial charge in [0, 0.05) is 23.0 Å². The van der Waals surface area contributed by atoms with Crippen LogP contribution in [-0.4, -0.2) is 16.8 Å². The maximum atomic E-state index is 9.56. The van der Waals surface area contributed by atoms with Crippen molar-refractivity contribution in [2.75, 3.05) is 7.11 Å². The van der Waals surface area contributed by atoms with Crippen LogP contribution in [0.2, 0.25) is 5.15 Å². The monoisotopic (exact) mass is 301 g/mol. The normalized spacial score (nSPS) is 11.0. The summed E-state index contributed by atoms with van der Waals surface area (Å²) in [4.78, 5) is 0. The lowest BCUT2D eigenvalue weighted by Crippen LogP contribution is -2.00. The molecule has 3 aromatic rings. The SMILES string of the molecule is COc1cccc(Cn2c(Cl)c(CO)c3ccccc32)c1. The fourth-order valence-corrected chi connectivity index (χ4v) is 2.91. The first-order valence-corrected chi connectivity index (χ1v) is 7.11. The Labute approximate surface area is 128 Å². The molecule has 1 aromatic heterocycles. The van der Waals surface area contributed by atoms with Crippen molar-refractivity contribution >= 4 is 22.5 Å². The second-order valence-corrected chi connectivity index (χ2v) is 5.24. The Morgan fingerprint density at radius 2 is 1.95 bits per heavy atom. The maximum Gasteiger partial charge on any atom is 0.119 e. The summed E-state index contributed by atoms with van der Waals surface area (Å²) in [5.41, 5.74) is 2.89. The lowest BCUT2D eigenvalue weighted by molar-refractivity contribution is 0.283. The Balaban J connectivity index is 2.09. The molecule has 1 heterocycles. The van der Waals surface area contributed by atoms with Crippen molar-refractivity contribution < 1.29 is 9.84 Å². The van der Waals surface area contributed by atoms with Gasteiger partial charge < -0.3 is 14.4 Å². The van der Waals surface area contributed by atoms with Crippen LogP contribution >= 0.6 is 11.6 Å². The summed E-state index contributed by atoms with van der Waals surface area (Å²) >= 11 is 6.45. The largest absolute Gasteiger partial charge is 0.497 e. The second kappa shape index (κ2) is 5.80. The Bertz CT molecular complexity index is 780. The van der Waals surface area contributed by atoms with Gasteiger partial charge in [-0.05, 0) is 23.8 Å². The molecule has 0 aliphatic heterocycles. The molecule has 3 nitrogen and oxygen atoms in total. The summed E-state index contributed by atoms with van der Waals surface area (Å²) in [6, 6.07) is 15.8. The van der Waals surface area contributed by atoms with Crippen LogP contribution in [0.25, 0.3) is 10.9 Å². The van der Waals surface area contributed by atoms with E-state index in [9.17, 15) is 5.11 Å². The quantitative estimate of drug-likeness (QED) is 0.794. The molecule has 21 heavy (non-hydrogen) atoms. The van der Waals surface area contributed by atoms with Crippen molar-refractivity contribution in [3.63, 3.8) is 0 Å². The molecule has 4 heteroatoms. The van der Waals surface area contributed by atoms with E-state index in [1.54, 1.807) is 7.11 Å². The summed E-state index contributed by atoms with van der Waals surface area (Å²) in [5, 5.41) is 11.1. The molecule has 0 aliphatic rings. The average Bonchev–Trinajstić information content (AvgIpc) is 2.79. The lowest BCUT2D eigenvalue weighted by atomic mass is 10.2. The minimum absolute atomic E-state index is 0.0650. The number of hydrogen-bond donors (Lipinski definition) is 1. The summed E-state index contributed by atoms with van der Waals surface area (Å²) in [5.74, 6) is 0.822. The molecule has 3 rings (SSSR count). The van der Waals surface area contributed by atoms with E-state index >= 15 is 0 Å². The van der Waals surface area contributed by atoms with Crippen LogP contribution in [0.4, 0.5) is 0 Å². The number of hydrogen-bond acceptors (Lipinski definition) is 2. The van der Waals surface area contributed by atoms with Crippen molar-refractivity contribution in [2.45, 2.75) is 13.2 Å². The number of ether oxygens (including phenoxy) is 1. The van der Waals surface area contributed by atoms with Crippen molar-refractivity contribution in [3.05, 3.63) is 64.8 Å². The molecular formula is C17H16ClNO2. The molecule has 108 valence electrons. The van der Waals surface area contributed by atoms with Gasteiger partial charge >= 0.3 is 0 Å². The first kappa shape index (κ1) is 14.0. The number of aliphatic hydroxyl groups excluding tert-OH is 1. The minimum Gasteiger partial charge on any atom is -0.497 e.